The highest BCUT2D eigenvalue weighted by Crippen LogP contribution is 2.39. The van der Waals surface area contributed by atoms with Crippen molar-refractivity contribution >= 4 is 11.8 Å². The summed E-state index contributed by atoms with van der Waals surface area (Å²) in [6, 6.07) is 10.5. The Morgan fingerprint density at radius 2 is 1.48 bits per heavy atom. The van der Waals surface area contributed by atoms with Gasteiger partial charge in [-0.25, -0.2) is 4.39 Å². The maximum atomic E-state index is 13.4. The van der Waals surface area contributed by atoms with Crippen LogP contribution in [0.25, 0.3) is 0 Å². The van der Waals surface area contributed by atoms with Crippen molar-refractivity contribution < 1.29 is 27.2 Å². The molecule has 2 aromatic carbocycles. The van der Waals surface area contributed by atoms with Gasteiger partial charge < -0.3 is 10.2 Å². The van der Waals surface area contributed by atoms with Crippen LogP contribution in [-0.4, -0.2) is 29.8 Å². The lowest BCUT2D eigenvalue weighted by molar-refractivity contribution is -0.137. The van der Waals surface area contributed by atoms with E-state index in [1.165, 1.54) is 24.3 Å². The Labute approximate surface area is 190 Å². The number of halogens is 4. The fourth-order valence-electron chi connectivity index (χ4n) is 4.90. The fraction of sp³-hybridized carbons (Fsp3) is 0.440. The van der Waals surface area contributed by atoms with Crippen molar-refractivity contribution in [3.8, 4) is 0 Å². The molecule has 0 atom stereocenters. The number of carbonyl (C=O) groups is 2. The first-order valence-corrected chi connectivity index (χ1v) is 11.2. The van der Waals surface area contributed by atoms with Crippen LogP contribution in [-0.2, 0) is 16.5 Å². The molecule has 1 aliphatic carbocycles. The summed E-state index contributed by atoms with van der Waals surface area (Å²) in [6.45, 7) is 0.725. The van der Waals surface area contributed by atoms with Crippen LogP contribution in [0, 0.1) is 11.7 Å². The van der Waals surface area contributed by atoms with Crippen molar-refractivity contribution in [3.63, 3.8) is 0 Å². The first-order valence-electron chi connectivity index (χ1n) is 11.2. The van der Waals surface area contributed by atoms with Crippen LogP contribution in [0.2, 0.25) is 0 Å². The number of likely N-dealkylation sites (tertiary alicyclic amines) is 1. The molecular weight excluding hydrogens is 436 g/mol. The number of hydrogen-bond donors (Lipinski definition) is 1. The number of hydrogen-bond acceptors (Lipinski definition) is 2. The molecule has 2 amide bonds. The zero-order valence-electron chi connectivity index (χ0n) is 18.1. The molecule has 176 valence electrons. The van der Waals surface area contributed by atoms with Crippen LogP contribution >= 0.6 is 0 Å². The van der Waals surface area contributed by atoms with Crippen molar-refractivity contribution in [3.05, 3.63) is 71.0 Å². The van der Waals surface area contributed by atoms with Crippen LogP contribution in [0.3, 0.4) is 0 Å². The summed E-state index contributed by atoms with van der Waals surface area (Å²) in [7, 11) is 0. The second-order valence-corrected chi connectivity index (χ2v) is 8.93. The predicted molar refractivity (Wildman–Crippen MR) is 115 cm³/mol. The van der Waals surface area contributed by atoms with Gasteiger partial charge in [0.05, 0.1) is 11.1 Å². The van der Waals surface area contributed by atoms with E-state index < -0.39 is 17.3 Å². The van der Waals surface area contributed by atoms with Crippen LogP contribution in [0.15, 0.2) is 48.5 Å². The van der Waals surface area contributed by atoms with Gasteiger partial charge in [-0.05, 0) is 67.6 Å². The molecule has 1 saturated carbocycles. The molecule has 0 aromatic heterocycles. The molecule has 0 bridgehead atoms. The third-order valence-corrected chi connectivity index (χ3v) is 6.83. The third-order valence-electron chi connectivity index (χ3n) is 6.83. The Bertz CT molecular complexity index is 989. The van der Waals surface area contributed by atoms with E-state index in [0.29, 0.717) is 25.9 Å². The van der Waals surface area contributed by atoms with Gasteiger partial charge in [-0.2, -0.15) is 13.2 Å². The minimum atomic E-state index is -4.45. The Morgan fingerprint density at radius 1 is 0.909 bits per heavy atom. The zero-order valence-corrected chi connectivity index (χ0v) is 18.1. The molecule has 1 aliphatic heterocycles. The summed E-state index contributed by atoms with van der Waals surface area (Å²) in [6.07, 6.45) is 0.0913. The topological polar surface area (TPSA) is 49.4 Å². The normalized spacial score (nSPS) is 18.8. The summed E-state index contributed by atoms with van der Waals surface area (Å²) in [5.74, 6) is -0.966. The SMILES string of the molecule is O=C(NC1(c2ccc(F)cc2)CCCC1)C1CCN(C(=O)c2ccc(C(F)(F)F)cc2)CC1. The van der Waals surface area contributed by atoms with Gasteiger partial charge in [-0.3, -0.25) is 9.59 Å². The Balaban J connectivity index is 1.36. The van der Waals surface area contributed by atoms with Crippen molar-refractivity contribution in [1.29, 1.82) is 0 Å². The molecule has 4 rings (SSSR count). The molecule has 33 heavy (non-hydrogen) atoms. The zero-order chi connectivity index (χ0) is 23.6. The molecule has 1 N–H and O–H groups in total. The molecule has 1 saturated heterocycles. The van der Waals surface area contributed by atoms with Crippen molar-refractivity contribution in [1.82, 2.24) is 10.2 Å². The maximum Gasteiger partial charge on any atom is 0.416 e. The van der Waals surface area contributed by atoms with Gasteiger partial charge in [0.2, 0.25) is 5.91 Å². The molecule has 2 aromatic rings. The van der Waals surface area contributed by atoms with Gasteiger partial charge in [0, 0.05) is 24.6 Å². The lowest BCUT2D eigenvalue weighted by atomic mass is 9.86. The van der Waals surface area contributed by atoms with E-state index >= 15 is 0 Å². The predicted octanol–water partition coefficient (Wildman–Crippen LogP) is 5.28. The van der Waals surface area contributed by atoms with Gasteiger partial charge in [0.15, 0.2) is 0 Å². The highest BCUT2D eigenvalue weighted by Gasteiger charge is 2.39. The minimum absolute atomic E-state index is 0.0668. The fourth-order valence-corrected chi connectivity index (χ4v) is 4.90. The van der Waals surface area contributed by atoms with Gasteiger partial charge >= 0.3 is 6.18 Å². The van der Waals surface area contributed by atoms with E-state index in [4.69, 9.17) is 0 Å². The summed E-state index contributed by atoms with van der Waals surface area (Å²) in [5.41, 5.74) is -0.175. The Morgan fingerprint density at radius 3 is 2.03 bits per heavy atom. The highest BCUT2D eigenvalue weighted by molar-refractivity contribution is 5.94. The number of rotatable bonds is 4. The average molecular weight is 462 g/mol. The molecule has 2 aliphatic rings. The largest absolute Gasteiger partial charge is 0.416 e. The molecule has 2 fully saturated rings. The van der Waals surface area contributed by atoms with E-state index in [1.807, 2.05) is 0 Å². The highest BCUT2D eigenvalue weighted by atomic mass is 19.4. The van der Waals surface area contributed by atoms with Crippen LogP contribution in [0.1, 0.15) is 60.0 Å². The minimum Gasteiger partial charge on any atom is -0.346 e. The van der Waals surface area contributed by atoms with Crippen molar-refractivity contribution in [2.24, 2.45) is 5.92 Å². The van der Waals surface area contributed by atoms with E-state index in [9.17, 15) is 27.2 Å². The number of nitrogens with one attached hydrogen (secondary N) is 1. The summed E-state index contributed by atoms with van der Waals surface area (Å²) >= 11 is 0. The number of benzene rings is 2. The van der Waals surface area contributed by atoms with E-state index in [-0.39, 0.29) is 29.1 Å². The quantitative estimate of drug-likeness (QED) is 0.629. The lowest BCUT2D eigenvalue weighted by Crippen LogP contribution is -2.49. The molecular formula is C25H26F4N2O2. The maximum absolute atomic E-state index is 13.4. The number of piperidine rings is 1. The van der Waals surface area contributed by atoms with Gasteiger partial charge in [0.1, 0.15) is 5.82 Å². The molecule has 0 radical (unpaired) electrons. The van der Waals surface area contributed by atoms with Gasteiger partial charge in [-0.1, -0.05) is 25.0 Å². The molecule has 0 spiro atoms. The Kier molecular flexibility index (Phi) is 6.45. The first kappa shape index (κ1) is 23.3. The van der Waals surface area contributed by atoms with Crippen LogP contribution in [0.5, 0.6) is 0 Å². The summed E-state index contributed by atoms with van der Waals surface area (Å²) < 4.78 is 51.6. The molecule has 1 heterocycles. The molecule has 4 nitrogen and oxygen atoms in total. The number of carbonyl (C=O) groups excluding carboxylic acids is 2. The second-order valence-electron chi connectivity index (χ2n) is 8.93. The summed E-state index contributed by atoms with van der Waals surface area (Å²) in [4.78, 5) is 27.4. The first-order chi connectivity index (χ1) is 15.7. The molecule has 8 heteroatoms. The lowest BCUT2D eigenvalue weighted by Gasteiger charge is -2.36. The summed E-state index contributed by atoms with van der Waals surface area (Å²) in [5, 5.41) is 3.22. The standard InChI is InChI=1S/C25H26F4N2O2/c26-21-9-7-19(8-10-21)24(13-1-2-14-24)30-22(32)17-11-15-31(16-12-17)23(33)18-3-5-20(6-4-18)25(27,28)29/h3-10,17H,1-2,11-16H2,(H,30,32). The Hall–Kier alpha value is -2.90. The average Bonchev–Trinajstić information content (AvgIpc) is 3.28. The van der Waals surface area contributed by atoms with E-state index in [1.54, 1.807) is 17.0 Å². The second kappa shape index (κ2) is 9.15. The number of amides is 2. The molecule has 0 unspecified atom stereocenters. The van der Waals surface area contributed by atoms with Crippen LogP contribution in [0.4, 0.5) is 17.6 Å². The number of nitrogens with zero attached hydrogens (tertiary/aromatic N) is 1. The third kappa shape index (κ3) is 5.04. The van der Waals surface area contributed by atoms with E-state index in [2.05, 4.69) is 5.32 Å². The van der Waals surface area contributed by atoms with Crippen molar-refractivity contribution in [2.75, 3.05) is 13.1 Å². The van der Waals surface area contributed by atoms with Gasteiger partial charge in [-0.15, -0.1) is 0 Å². The van der Waals surface area contributed by atoms with Gasteiger partial charge in [0.25, 0.3) is 5.91 Å². The van der Waals surface area contributed by atoms with Crippen LogP contribution < -0.4 is 5.32 Å². The number of alkyl halides is 3. The van der Waals surface area contributed by atoms with E-state index in [0.717, 1.165) is 43.4 Å². The van der Waals surface area contributed by atoms with Crippen molar-refractivity contribution in [2.45, 2.75) is 50.2 Å². The smallest absolute Gasteiger partial charge is 0.346 e. The monoisotopic (exact) mass is 462 g/mol.